The minimum Gasteiger partial charge on any atom is -0.399 e. The second-order valence-corrected chi connectivity index (χ2v) is 5.62. The molecule has 0 spiro atoms. The molecule has 0 fully saturated rings. The molecular formula is C14H20N2OS. The number of thioether (sulfide) groups is 1. The van der Waals surface area contributed by atoms with Gasteiger partial charge < -0.3 is 10.6 Å². The quantitative estimate of drug-likeness (QED) is 0.672. The molecule has 98 valence electrons. The second-order valence-electron chi connectivity index (χ2n) is 4.63. The van der Waals surface area contributed by atoms with Crippen molar-refractivity contribution in [1.82, 2.24) is 0 Å². The third-order valence-electron chi connectivity index (χ3n) is 3.26. The lowest BCUT2D eigenvalue weighted by molar-refractivity contribution is -0.118. The molecule has 1 heterocycles. The second kappa shape index (κ2) is 6.14. The van der Waals surface area contributed by atoms with Crippen molar-refractivity contribution in [3.63, 3.8) is 0 Å². The number of aryl methyl sites for hydroxylation is 1. The van der Waals surface area contributed by atoms with Crippen LogP contribution in [-0.2, 0) is 11.2 Å². The van der Waals surface area contributed by atoms with Gasteiger partial charge in [-0.25, -0.2) is 0 Å². The van der Waals surface area contributed by atoms with Crippen LogP contribution in [0.4, 0.5) is 11.4 Å². The minimum atomic E-state index is 0.250. The Balaban J connectivity index is 2.23. The van der Waals surface area contributed by atoms with Crippen LogP contribution < -0.4 is 10.6 Å². The van der Waals surface area contributed by atoms with E-state index in [0.717, 1.165) is 42.9 Å². The lowest BCUT2D eigenvalue weighted by Crippen LogP contribution is -2.31. The molecule has 0 unspecified atom stereocenters. The molecule has 4 heteroatoms. The highest BCUT2D eigenvalue weighted by molar-refractivity contribution is 7.98. The maximum atomic E-state index is 12.1. The van der Waals surface area contributed by atoms with Crippen LogP contribution in [0, 0.1) is 0 Å². The molecule has 1 aromatic rings. The molecule has 0 bridgehead atoms. The Bertz CT molecular complexity index is 434. The van der Waals surface area contributed by atoms with E-state index in [9.17, 15) is 4.79 Å². The predicted octanol–water partition coefficient (Wildman–Crippen LogP) is 2.69. The molecule has 3 nitrogen and oxygen atoms in total. The first kappa shape index (κ1) is 13.3. The van der Waals surface area contributed by atoms with Gasteiger partial charge in [0.15, 0.2) is 0 Å². The summed E-state index contributed by atoms with van der Waals surface area (Å²) in [5, 5.41) is 0. The van der Waals surface area contributed by atoms with Crippen molar-refractivity contribution in [3.05, 3.63) is 23.8 Å². The maximum absolute atomic E-state index is 12.1. The van der Waals surface area contributed by atoms with Crippen LogP contribution in [0.15, 0.2) is 18.2 Å². The number of carbonyl (C=O) groups is 1. The average molecular weight is 264 g/mol. The molecule has 1 aromatic carbocycles. The highest BCUT2D eigenvalue weighted by Gasteiger charge is 2.21. The normalized spacial score (nSPS) is 15.4. The summed E-state index contributed by atoms with van der Waals surface area (Å²) in [6.07, 6.45) is 5.66. The van der Waals surface area contributed by atoms with E-state index in [4.69, 9.17) is 5.73 Å². The molecule has 18 heavy (non-hydrogen) atoms. The molecule has 0 aliphatic carbocycles. The molecule has 2 N–H and O–H groups in total. The number of carbonyl (C=O) groups excluding carboxylic acids is 1. The Morgan fingerprint density at radius 2 is 2.22 bits per heavy atom. The molecule has 2 rings (SSSR count). The monoisotopic (exact) mass is 264 g/mol. The Morgan fingerprint density at radius 3 is 3.00 bits per heavy atom. The fourth-order valence-corrected chi connectivity index (χ4v) is 2.80. The van der Waals surface area contributed by atoms with Crippen molar-refractivity contribution in [1.29, 1.82) is 0 Å². The van der Waals surface area contributed by atoms with Gasteiger partial charge in [-0.15, -0.1) is 0 Å². The summed E-state index contributed by atoms with van der Waals surface area (Å²) in [5.74, 6) is 1.34. The van der Waals surface area contributed by atoms with Gasteiger partial charge in [-0.2, -0.15) is 11.8 Å². The van der Waals surface area contributed by atoms with Gasteiger partial charge in [0.05, 0.1) is 0 Å². The number of hydrogen-bond donors (Lipinski definition) is 1. The number of anilines is 2. The summed E-state index contributed by atoms with van der Waals surface area (Å²) in [7, 11) is 0. The van der Waals surface area contributed by atoms with Gasteiger partial charge in [0.25, 0.3) is 0 Å². The molecule has 0 atom stereocenters. The Hall–Kier alpha value is -1.16. The lowest BCUT2D eigenvalue weighted by Gasteiger charge is -2.23. The van der Waals surface area contributed by atoms with Crippen LogP contribution >= 0.6 is 11.8 Å². The number of amides is 1. The van der Waals surface area contributed by atoms with Crippen molar-refractivity contribution < 1.29 is 4.79 Å². The Morgan fingerprint density at radius 1 is 1.39 bits per heavy atom. The van der Waals surface area contributed by atoms with Crippen molar-refractivity contribution in [3.8, 4) is 0 Å². The number of rotatable bonds is 4. The number of nitrogens with two attached hydrogens (primary N) is 1. The fourth-order valence-electron chi connectivity index (χ4n) is 2.38. The van der Waals surface area contributed by atoms with Crippen LogP contribution in [0.25, 0.3) is 0 Å². The van der Waals surface area contributed by atoms with Gasteiger partial charge in [-0.1, -0.05) is 0 Å². The van der Waals surface area contributed by atoms with Gasteiger partial charge in [0.1, 0.15) is 0 Å². The first-order chi connectivity index (χ1) is 8.72. The summed E-state index contributed by atoms with van der Waals surface area (Å²) >= 11 is 1.82. The predicted molar refractivity (Wildman–Crippen MR) is 79.1 cm³/mol. The summed E-state index contributed by atoms with van der Waals surface area (Å²) in [6, 6.07) is 5.89. The van der Waals surface area contributed by atoms with E-state index in [-0.39, 0.29) is 5.91 Å². The molecule has 0 radical (unpaired) electrons. The van der Waals surface area contributed by atoms with Crippen LogP contribution in [-0.4, -0.2) is 24.5 Å². The van der Waals surface area contributed by atoms with Crippen LogP contribution in [0.1, 0.15) is 24.8 Å². The third kappa shape index (κ3) is 2.99. The minimum absolute atomic E-state index is 0.250. The summed E-state index contributed by atoms with van der Waals surface area (Å²) in [5.41, 5.74) is 8.89. The van der Waals surface area contributed by atoms with E-state index >= 15 is 0 Å². The lowest BCUT2D eigenvalue weighted by atomic mass is 10.1. The zero-order chi connectivity index (χ0) is 13.0. The number of nitrogen functional groups attached to an aromatic ring is 1. The van der Waals surface area contributed by atoms with Gasteiger partial charge in [-0.3, -0.25) is 4.79 Å². The first-order valence-corrected chi connectivity index (χ1v) is 7.79. The molecular weight excluding hydrogens is 244 g/mol. The molecule has 1 amide bonds. The van der Waals surface area contributed by atoms with Gasteiger partial charge in [-0.05, 0) is 55.0 Å². The van der Waals surface area contributed by atoms with Crippen molar-refractivity contribution in [2.45, 2.75) is 25.7 Å². The summed E-state index contributed by atoms with van der Waals surface area (Å²) in [6.45, 7) is 0.816. The zero-order valence-corrected chi connectivity index (χ0v) is 11.6. The summed E-state index contributed by atoms with van der Waals surface area (Å²) < 4.78 is 0. The van der Waals surface area contributed by atoms with E-state index in [1.807, 2.05) is 34.9 Å². The SMILES string of the molecule is CSCCCN1C(=O)CCCc2cc(N)ccc21. The Labute approximate surface area is 113 Å². The van der Waals surface area contributed by atoms with Crippen LogP contribution in [0.2, 0.25) is 0 Å². The maximum Gasteiger partial charge on any atom is 0.226 e. The van der Waals surface area contributed by atoms with Gasteiger partial charge in [0.2, 0.25) is 5.91 Å². The Kier molecular flexibility index (Phi) is 4.53. The number of nitrogens with zero attached hydrogens (tertiary/aromatic N) is 1. The highest BCUT2D eigenvalue weighted by atomic mass is 32.2. The van der Waals surface area contributed by atoms with E-state index in [1.54, 1.807) is 0 Å². The number of fused-ring (bicyclic) bond motifs is 1. The number of hydrogen-bond acceptors (Lipinski definition) is 3. The zero-order valence-electron chi connectivity index (χ0n) is 10.8. The molecule has 1 aliphatic heterocycles. The first-order valence-electron chi connectivity index (χ1n) is 6.40. The van der Waals surface area contributed by atoms with Gasteiger partial charge >= 0.3 is 0 Å². The fraction of sp³-hybridized carbons (Fsp3) is 0.500. The van der Waals surface area contributed by atoms with E-state index < -0.39 is 0 Å². The molecule has 0 saturated carbocycles. The average Bonchev–Trinajstić information content (AvgIpc) is 2.49. The van der Waals surface area contributed by atoms with E-state index in [2.05, 4.69) is 6.26 Å². The highest BCUT2D eigenvalue weighted by Crippen LogP contribution is 2.29. The standard InChI is InChI=1S/C14H20N2OS/c1-18-9-3-8-16-13-7-6-12(15)10-11(13)4-2-5-14(16)17/h6-7,10H,2-5,8-9,15H2,1H3. The number of benzene rings is 1. The van der Waals surface area contributed by atoms with Crippen molar-refractivity contribution in [2.24, 2.45) is 0 Å². The molecule has 1 aliphatic rings. The van der Waals surface area contributed by atoms with Crippen molar-refractivity contribution >= 4 is 29.0 Å². The smallest absolute Gasteiger partial charge is 0.226 e. The summed E-state index contributed by atoms with van der Waals surface area (Å²) in [4.78, 5) is 14.1. The topological polar surface area (TPSA) is 46.3 Å². The van der Waals surface area contributed by atoms with Crippen LogP contribution in [0.3, 0.4) is 0 Å². The van der Waals surface area contributed by atoms with E-state index in [1.165, 1.54) is 5.56 Å². The largest absolute Gasteiger partial charge is 0.399 e. The third-order valence-corrected chi connectivity index (χ3v) is 3.96. The molecule has 0 aromatic heterocycles. The van der Waals surface area contributed by atoms with Crippen molar-refractivity contribution in [2.75, 3.05) is 29.2 Å². The molecule has 0 saturated heterocycles. The van der Waals surface area contributed by atoms with Crippen LogP contribution in [0.5, 0.6) is 0 Å². The van der Waals surface area contributed by atoms with E-state index in [0.29, 0.717) is 6.42 Å². The van der Waals surface area contributed by atoms with Gasteiger partial charge in [0, 0.05) is 24.3 Å².